The molecule has 77 heavy (non-hydrogen) atoms. The Hall–Kier alpha value is -7.08. The predicted molar refractivity (Wildman–Crippen MR) is 293 cm³/mol. The third-order valence-electron chi connectivity index (χ3n) is 15.1. The quantitative estimate of drug-likeness (QED) is 0.0506. The summed E-state index contributed by atoms with van der Waals surface area (Å²) in [6, 6.07) is 17.6. The molecule has 0 saturated carbocycles. The van der Waals surface area contributed by atoms with E-state index in [-0.39, 0.29) is 73.6 Å². The summed E-state index contributed by atoms with van der Waals surface area (Å²) in [6.45, 7) is 12.7. The number of unbranched alkanes of at least 4 members (excludes halogenated alkanes) is 5. The molecule has 18 heteroatoms. The van der Waals surface area contributed by atoms with E-state index in [1.54, 1.807) is 42.1 Å². The Balaban J connectivity index is 0.796. The van der Waals surface area contributed by atoms with Crippen LogP contribution in [0.4, 0.5) is 10.2 Å². The minimum Gasteiger partial charge on any atom is -0.494 e. The number of aryl methyl sites for hydroxylation is 1. The van der Waals surface area contributed by atoms with E-state index in [2.05, 4.69) is 48.8 Å². The van der Waals surface area contributed by atoms with Crippen LogP contribution in [-0.2, 0) is 38.6 Å². The number of nitrogens with zero attached hydrogens (tertiary/aromatic N) is 5. The van der Waals surface area contributed by atoms with Crippen LogP contribution in [0.1, 0.15) is 150 Å². The maximum absolute atomic E-state index is 14.7. The molecule has 8 rings (SSSR count). The van der Waals surface area contributed by atoms with E-state index in [0.29, 0.717) is 53.5 Å². The summed E-state index contributed by atoms with van der Waals surface area (Å²) in [5.74, 6) is 0.129. The molecule has 3 aliphatic rings. The lowest BCUT2D eigenvalue weighted by molar-refractivity contribution is -0.147. The first kappa shape index (κ1) is 56.1. The zero-order valence-corrected chi connectivity index (χ0v) is 45.8. The average molecular weight is 1060 g/mol. The van der Waals surface area contributed by atoms with Crippen LogP contribution in [0.2, 0.25) is 0 Å². The molecule has 0 unspecified atom stereocenters. The largest absolute Gasteiger partial charge is 0.494 e. The third kappa shape index (κ3) is 14.1. The molecule has 5 amide bonds. The molecule has 5 aromatic rings. The second kappa shape index (κ2) is 25.4. The molecule has 17 nitrogen and oxygen atoms in total. The molecule has 2 bridgehead atoms. The molecule has 0 radical (unpaired) electrons. The summed E-state index contributed by atoms with van der Waals surface area (Å²) in [6.07, 6.45) is 11.6. The number of fused-ring (bicyclic) bond motifs is 4. The predicted octanol–water partition coefficient (Wildman–Crippen LogP) is 7.78. The van der Waals surface area contributed by atoms with Gasteiger partial charge in [-0.3, -0.25) is 24.0 Å². The van der Waals surface area contributed by atoms with E-state index >= 15 is 0 Å². The van der Waals surface area contributed by atoms with Gasteiger partial charge in [0.05, 0.1) is 37.5 Å². The topological polar surface area (TPSA) is 201 Å². The number of ether oxygens (including phenoxy) is 2. The molecular weight excluding hydrogens is 980 g/mol. The summed E-state index contributed by atoms with van der Waals surface area (Å²) < 4.78 is 28.5. The monoisotopic (exact) mass is 1060 g/mol. The second-order valence-corrected chi connectivity index (χ2v) is 22.0. The van der Waals surface area contributed by atoms with Crippen molar-refractivity contribution < 1.29 is 37.8 Å². The second-order valence-electron chi connectivity index (χ2n) is 22.0. The number of carbonyl (C=O) groups excluding carboxylic acids is 5. The Bertz CT molecular complexity index is 2900. The molecule has 412 valence electrons. The first-order chi connectivity index (χ1) is 37.0. The summed E-state index contributed by atoms with van der Waals surface area (Å²) >= 11 is 0. The average Bonchev–Trinajstić information content (AvgIpc) is 3.83. The van der Waals surface area contributed by atoms with E-state index in [9.17, 15) is 28.4 Å². The first-order valence-corrected chi connectivity index (χ1v) is 27.5. The lowest BCUT2D eigenvalue weighted by Gasteiger charge is -2.41. The van der Waals surface area contributed by atoms with Gasteiger partial charge in [-0.05, 0) is 124 Å². The van der Waals surface area contributed by atoms with E-state index in [0.717, 1.165) is 74.5 Å². The molecule has 1 aliphatic carbocycles. The van der Waals surface area contributed by atoms with Crippen molar-refractivity contribution in [2.75, 3.05) is 38.6 Å². The summed E-state index contributed by atoms with van der Waals surface area (Å²) in [5.41, 5.74) is 4.92. The van der Waals surface area contributed by atoms with Gasteiger partial charge in [0.1, 0.15) is 46.9 Å². The van der Waals surface area contributed by atoms with Gasteiger partial charge in [-0.15, -0.1) is 0 Å². The number of hydrogen-bond donors (Lipinski definition) is 5. The Morgan fingerprint density at radius 3 is 2.51 bits per heavy atom. The van der Waals surface area contributed by atoms with Gasteiger partial charge in [0.15, 0.2) is 5.65 Å². The van der Waals surface area contributed by atoms with Gasteiger partial charge in [-0.1, -0.05) is 76.8 Å². The Morgan fingerprint density at radius 2 is 1.71 bits per heavy atom. The molecule has 0 saturated heterocycles. The number of amides is 5. The number of benzene rings is 3. The van der Waals surface area contributed by atoms with E-state index in [1.807, 2.05) is 65.0 Å². The standard InChI is InChI=1S/C59H77FN10O7/c1-37-35-68(57(74)47-34-63-70-28-26-51(66-54(47)70)64-38(2)46-33-43(60)23-25-50(46)77-37)29-27-62-52(71)21-12-10-8-9-11-15-30-76-44-24-22-41-32-49(56(73)65-48-20-16-18-40-17-13-14-19-45(40)48)69(36-42(41)31-44)58(75)53(59(4,5)6)67-55(72)39(3)61-7/h13-14,17,19,22-26,28,31,33-34,37-39,48-49,53,61H,8-12,15-16,18,20-21,27,29-30,32,35-36H2,1-7H3,(H,62,71)(H,64,66)(H,65,73)(H,67,72)/t37-,38-,39+,48-,49+,53-/m0/s1. The number of anilines is 1. The fraction of sp³-hybridized carbons (Fsp3) is 0.508. The van der Waals surface area contributed by atoms with Crippen LogP contribution < -0.4 is 36.1 Å². The van der Waals surface area contributed by atoms with E-state index in [4.69, 9.17) is 9.47 Å². The van der Waals surface area contributed by atoms with Crippen molar-refractivity contribution in [1.82, 2.24) is 45.7 Å². The van der Waals surface area contributed by atoms with Gasteiger partial charge >= 0.3 is 0 Å². The molecule has 0 spiro atoms. The van der Waals surface area contributed by atoms with Crippen molar-refractivity contribution in [2.45, 2.75) is 155 Å². The highest BCUT2D eigenvalue weighted by Crippen LogP contribution is 2.34. The van der Waals surface area contributed by atoms with Crippen molar-refractivity contribution in [3.63, 3.8) is 0 Å². The molecule has 0 fully saturated rings. The van der Waals surface area contributed by atoms with Gasteiger partial charge in [-0.25, -0.2) is 13.9 Å². The van der Waals surface area contributed by atoms with Crippen molar-refractivity contribution >= 4 is 41.0 Å². The number of likely N-dealkylation sites (N-methyl/N-ethyl adjacent to an activating group) is 1. The fourth-order valence-electron chi connectivity index (χ4n) is 10.6. The lowest BCUT2D eigenvalue weighted by Crippen LogP contribution is -2.62. The minimum atomic E-state index is -0.875. The van der Waals surface area contributed by atoms with Gasteiger partial charge in [0.2, 0.25) is 23.6 Å². The van der Waals surface area contributed by atoms with Crippen LogP contribution in [-0.4, -0.2) is 111 Å². The van der Waals surface area contributed by atoms with Gasteiger partial charge in [0.25, 0.3) is 5.91 Å². The number of carbonyl (C=O) groups is 5. The maximum Gasteiger partial charge on any atom is 0.259 e. The molecule has 4 heterocycles. The number of rotatable bonds is 19. The molecule has 2 aliphatic heterocycles. The lowest BCUT2D eigenvalue weighted by atomic mass is 9.83. The number of aromatic nitrogens is 3. The highest BCUT2D eigenvalue weighted by atomic mass is 19.1. The van der Waals surface area contributed by atoms with Crippen molar-refractivity contribution in [2.24, 2.45) is 5.41 Å². The molecule has 2 aromatic heterocycles. The van der Waals surface area contributed by atoms with Crippen LogP contribution in [0.15, 0.2) is 79.1 Å². The van der Waals surface area contributed by atoms with Crippen molar-refractivity contribution in [3.05, 3.63) is 118 Å². The molecular formula is C59H77FN10O7. The zero-order valence-electron chi connectivity index (χ0n) is 45.8. The fourth-order valence-corrected chi connectivity index (χ4v) is 10.6. The summed E-state index contributed by atoms with van der Waals surface area (Å²) in [7, 11) is 1.70. The molecule has 6 atom stereocenters. The number of nitrogens with one attached hydrogen (secondary N) is 5. The van der Waals surface area contributed by atoms with Crippen LogP contribution >= 0.6 is 0 Å². The third-order valence-corrected chi connectivity index (χ3v) is 15.1. The van der Waals surface area contributed by atoms with Crippen molar-refractivity contribution in [1.29, 1.82) is 0 Å². The van der Waals surface area contributed by atoms with E-state index in [1.165, 1.54) is 28.4 Å². The minimum absolute atomic E-state index is 0.0823. The zero-order chi connectivity index (χ0) is 54.8. The van der Waals surface area contributed by atoms with Gasteiger partial charge in [-0.2, -0.15) is 5.10 Å². The van der Waals surface area contributed by atoms with Gasteiger partial charge in [0, 0.05) is 44.2 Å². The van der Waals surface area contributed by atoms with Crippen LogP contribution in [0, 0.1) is 11.2 Å². The highest BCUT2D eigenvalue weighted by molar-refractivity contribution is 6.00. The van der Waals surface area contributed by atoms with E-state index < -0.39 is 29.6 Å². The van der Waals surface area contributed by atoms with Crippen molar-refractivity contribution in [3.8, 4) is 11.5 Å². The van der Waals surface area contributed by atoms with Crippen LogP contribution in [0.5, 0.6) is 11.5 Å². The highest BCUT2D eigenvalue weighted by Gasteiger charge is 2.43. The number of hydrogen-bond acceptors (Lipinski definition) is 11. The Labute approximate surface area is 451 Å². The smallest absolute Gasteiger partial charge is 0.259 e. The summed E-state index contributed by atoms with van der Waals surface area (Å²) in [4.78, 5) is 77.3. The Morgan fingerprint density at radius 1 is 0.935 bits per heavy atom. The van der Waals surface area contributed by atoms with Gasteiger partial charge < -0.3 is 45.9 Å². The van der Waals surface area contributed by atoms with Crippen LogP contribution in [0.25, 0.3) is 5.65 Å². The Kier molecular flexibility index (Phi) is 18.5. The maximum atomic E-state index is 14.7. The van der Waals surface area contributed by atoms with Crippen LogP contribution in [0.3, 0.4) is 0 Å². The molecule has 3 aromatic carbocycles. The SMILES string of the molecule is CN[C@H](C)C(=O)N[C@@H](C(=O)N1Cc2cc(OCCCCCCCCC(=O)NCCN3C[C@H](C)Oc4ccc(F)cc4[C@H](C)Nc4ccn5ncc(c5n4)C3=O)ccc2C[C@@H]1C(=O)N[C@H]1CCCc2ccccc21)C(C)(C)C. The molecule has 5 N–H and O–H groups in total. The normalized spacial score (nSPS) is 19.2. The first-order valence-electron chi connectivity index (χ1n) is 27.5. The summed E-state index contributed by atoms with van der Waals surface area (Å²) in [5, 5.41) is 19.9. The number of halogens is 1.